The van der Waals surface area contributed by atoms with Crippen LogP contribution >= 0.6 is 0 Å². The standard InChI is InChI=1S/C11H13NO/c1-7-8(2)13-11-4-3-9(6-12)5-10(7)11/h3-5H,6,12H2,1-2H3. The second-order valence-electron chi connectivity index (χ2n) is 3.32. The van der Waals surface area contributed by atoms with Gasteiger partial charge in [-0.15, -0.1) is 0 Å². The van der Waals surface area contributed by atoms with Gasteiger partial charge in [0.2, 0.25) is 0 Å². The van der Waals surface area contributed by atoms with E-state index in [0.717, 1.165) is 16.9 Å². The van der Waals surface area contributed by atoms with Gasteiger partial charge in [-0.3, -0.25) is 0 Å². The molecule has 0 atom stereocenters. The lowest BCUT2D eigenvalue weighted by atomic mass is 10.1. The number of fused-ring (bicyclic) bond motifs is 1. The molecule has 0 saturated carbocycles. The Labute approximate surface area is 77.3 Å². The van der Waals surface area contributed by atoms with Crippen LogP contribution in [0.3, 0.4) is 0 Å². The maximum atomic E-state index is 5.57. The fourth-order valence-electron chi connectivity index (χ4n) is 1.52. The van der Waals surface area contributed by atoms with Crippen molar-refractivity contribution in [3.05, 3.63) is 35.1 Å². The summed E-state index contributed by atoms with van der Waals surface area (Å²) in [6.45, 7) is 4.64. The summed E-state index contributed by atoms with van der Waals surface area (Å²) < 4.78 is 5.56. The first-order valence-electron chi connectivity index (χ1n) is 4.41. The van der Waals surface area contributed by atoms with Gasteiger partial charge in [0.1, 0.15) is 11.3 Å². The molecular formula is C11H13NO. The monoisotopic (exact) mass is 175 g/mol. The molecule has 0 bridgehead atoms. The van der Waals surface area contributed by atoms with Gasteiger partial charge in [-0.2, -0.15) is 0 Å². The summed E-state index contributed by atoms with van der Waals surface area (Å²) in [7, 11) is 0. The van der Waals surface area contributed by atoms with E-state index in [1.807, 2.05) is 19.1 Å². The molecule has 13 heavy (non-hydrogen) atoms. The van der Waals surface area contributed by atoms with Gasteiger partial charge in [0, 0.05) is 11.9 Å². The quantitative estimate of drug-likeness (QED) is 0.723. The minimum Gasteiger partial charge on any atom is -0.461 e. The molecule has 0 aliphatic heterocycles. The van der Waals surface area contributed by atoms with Crippen LogP contribution < -0.4 is 5.73 Å². The molecule has 1 aromatic carbocycles. The Kier molecular flexibility index (Phi) is 1.85. The minimum absolute atomic E-state index is 0.583. The summed E-state index contributed by atoms with van der Waals surface area (Å²) in [5.74, 6) is 0.990. The van der Waals surface area contributed by atoms with Crippen molar-refractivity contribution in [1.29, 1.82) is 0 Å². The van der Waals surface area contributed by atoms with Crippen LogP contribution in [0.4, 0.5) is 0 Å². The third kappa shape index (κ3) is 1.23. The predicted octanol–water partition coefficient (Wildman–Crippen LogP) is 2.51. The summed E-state index contributed by atoms with van der Waals surface area (Å²) in [5.41, 5.74) is 8.88. The van der Waals surface area contributed by atoms with E-state index in [4.69, 9.17) is 10.2 Å². The molecule has 2 nitrogen and oxygen atoms in total. The first kappa shape index (κ1) is 8.32. The highest BCUT2D eigenvalue weighted by Crippen LogP contribution is 2.25. The summed E-state index contributed by atoms with van der Waals surface area (Å²) in [6.07, 6.45) is 0. The largest absolute Gasteiger partial charge is 0.461 e. The number of hydrogen-bond donors (Lipinski definition) is 1. The number of nitrogens with two attached hydrogens (primary N) is 1. The number of benzene rings is 1. The van der Waals surface area contributed by atoms with Crippen LogP contribution in [0.15, 0.2) is 22.6 Å². The van der Waals surface area contributed by atoms with Crippen molar-refractivity contribution in [3.63, 3.8) is 0 Å². The second-order valence-corrected chi connectivity index (χ2v) is 3.32. The van der Waals surface area contributed by atoms with Crippen molar-refractivity contribution >= 4 is 11.0 Å². The fourth-order valence-corrected chi connectivity index (χ4v) is 1.52. The van der Waals surface area contributed by atoms with E-state index < -0.39 is 0 Å². The fraction of sp³-hybridized carbons (Fsp3) is 0.273. The van der Waals surface area contributed by atoms with Crippen LogP contribution in [0.2, 0.25) is 0 Å². The lowest BCUT2D eigenvalue weighted by Gasteiger charge is -1.95. The van der Waals surface area contributed by atoms with Crippen LogP contribution in [0, 0.1) is 13.8 Å². The van der Waals surface area contributed by atoms with Crippen LogP contribution in [0.25, 0.3) is 11.0 Å². The third-order valence-electron chi connectivity index (χ3n) is 2.47. The van der Waals surface area contributed by atoms with Crippen molar-refractivity contribution in [1.82, 2.24) is 0 Å². The molecule has 0 unspecified atom stereocenters. The molecule has 1 aromatic heterocycles. The van der Waals surface area contributed by atoms with Crippen LogP contribution in [0.1, 0.15) is 16.9 Å². The highest BCUT2D eigenvalue weighted by molar-refractivity contribution is 5.82. The molecule has 0 amide bonds. The van der Waals surface area contributed by atoms with Crippen LogP contribution in [0.5, 0.6) is 0 Å². The van der Waals surface area contributed by atoms with E-state index in [-0.39, 0.29) is 0 Å². The molecule has 0 saturated heterocycles. The van der Waals surface area contributed by atoms with Gasteiger partial charge in [-0.05, 0) is 37.1 Å². The maximum Gasteiger partial charge on any atom is 0.134 e. The van der Waals surface area contributed by atoms with E-state index in [1.54, 1.807) is 0 Å². The first-order valence-corrected chi connectivity index (χ1v) is 4.41. The molecule has 2 aromatic rings. The van der Waals surface area contributed by atoms with E-state index >= 15 is 0 Å². The predicted molar refractivity (Wildman–Crippen MR) is 53.6 cm³/mol. The average Bonchev–Trinajstić information content (AvgIpc) is 2.43. The topological polar surface area (TPSA) is 39.2 Å². The first-order chi connectivity index (χ1) is 6.22. The summed E-state index contributed by atoms with van der Waals surface area (Å²) in [6, 6.07) is 6.09. The maximum absolute atomic E-state index is 5.57. The Morgan fingerprint density at radius 3 is 2.77 bits per heavy atom. The Morgan fingerprint density at radius 1 is 1.31 bits per heavy atom. The number of rotatable bonds is 1. The number of furan rings is 1. The molecule has 0 aliphatic rings. The van der Waals surface area contributed by atoms with Gasteiger partial charge < -0.3 is 10.2 Å². The van der Waals surface area contributed by atoms with Gasteiger partial charge in [-0.25, -0.2) is 0 Å². The molecule has 68 valence electrons. The SMILES string of the molecule is Cc1oc2ccc(CN)cc2c1C. The van der Waals surface area contributed by atoms with Crippen LogP contribution in [-0.4, -0.2) is 0 Å². The number of hydrogen-bond acceptors (Lipinski definition) is 2. The lowest BCUT2D eigenvalue weighted by Crippen LogP contribution is -1.94. The molecule has 0 spiro atoms. The van der Waals surface area contributed by atoms with Gasteiger partial charge in [-0.1, -0.05) is 6.07 Å². The van der Waals surface area contributed by atoms with Gasteiger partial charge >= 0.3 is 0 Å². The van der Waals surface area contributed by atoms with E-state index in [9.17, 15) is 0 Å². The Balaban J connectivity index is 2.75. The van der Waals surface area contributed by atoms with Gasteiger partial charge in [0.15, 0.2) is 0 Å². The molecule has 0 fully saturated rings. The van der Waals surface area contributed by atoms with Gasteiger partial charge in [0.25, 0.3) is 0 Å². The van der Waals surface area contributed by atoms with Crippen molar-refractivity contribution in [2.75, 3.05) is 0 Å². The van der Waals surface area contributed by atoms with Crippen LogP contribution in [-0.2, 0) is 6.54 Å². The van der Waals surface area contributed by atoms with Crippen molar-refractivity contribution in [2.24, 2.45) is 5.73 Å². The Bertz CT molecular complexity index is 443. The van der Waals surface area contributed by atoms with Crippen molar-refractivity contribution in [3.8, 4) is 0 Å². The molecular weight excluding hydrogens is 162 g/mol. The van der Waals surface area contributed by atoms with Crippen molar-refractivity contribution < 1.29 is 4.42 Å². The zero-order chi connectivity index (χ0) is 9.42. The van der Waals surface area contributed by atoms with E-state index in [0.29, 0.717) is 6.54 Å². The minimum atomic E-state index is 0.583. The Hall–Kier alpha value is -1.28. The molecule has 2 rings (SSSR count). The molecule has 2 N–H and O–H groups in total. The van der Waals surface area contributed by atoms with E-state index in [1.165, 1.54) is 10.9 Å². The molecule has 1 heterocycles. The zero-order valence-corrected chi connectivity index (χ0v) is 7.92. The summed E-state index contributed by atoms with van der Waals surface area (Å²) in [5, 5.41) is 1.18. The highest BCUT2D eigenvalue weighted by Gasteiger charge is 2.06. The summed E-state index contributed by atoms with van der Waals surface area (Å²) >= 11 is 0. The second kappa shape index (κ2) is 2.89. The molecule has 0 radical (unpaired) electrons. The number of aryl methyl sites for hydroxylation is 2. The lowest BCUT2D eigenvalue weighted by molar-refractivity contribution is 0.575. The Morgan fingerprint density at radius 2 is 2.08 bits per heavy atom. The third-order valence-corrected chi connectivity index (χ3v) is 2.47. The smallest absolute Gasteiger partial charge is 0.134 e. The molecule has 0 aliphatic carbocycles. The summed E-state index contributed by atoms with van der Waals surface area (Å²) in [4.78, 5) is 0. The zero-order valence-electron chi connectivity index (χ0n) is 7.92. The average molecular weight is 175 g/mol. The highest BCUT2D eigenvalue weighted by atomic mass is 16.3. The van der Waals surface area contributed by atoms with E-state index in [2.05, 4.69) is 13.0 Å². The van der Waals surface area contributed by atoms with Crippen molar-refractivity contribution in [2.45, 2.75) is 20.4 Å². The normalized spacial score (nSPS) is 11.0. The molecule has 2 heteroatoms. The van der Waals surface area contributed by atoms with Gasteiger partial charge in [0.05, 0.1) is 0 Å².